The molecule has 3 aromatic rings. The molecular formula is C19H19N3O4S. The van der Waals surface area contributed by atoms with E-state index in [1.807, 2.05) is 12.1 Å². The lowest BCUT2D eigenvalue weighted by molar-refractivity contribution is -0.120. The van der Waals surface area contributed by atoms with Crippen molar-refractivity contribution in [2.24, 2.45) is 0 Å². The topological polar surface area (TPSA) is 101 Å². The Morgan fingerprint density at radius 3 is 2.67 bits per heavy atom. The van der Waals surface area contributed by atoms with Crippen LogP contribution in [0.3, 0.4) is 0 Å². The van der Waals surface area contributed by atoms with Gasteiger partial charge in [-0.2, -0.15) is 0 Å². The van der Waals surface area contributed by atoms with Crippen LogP contribution in [0, 0.1) is 6.92 Å². The molecule has 0 aliphatic carbocycles. The van der Waals surface area contributed by atoms with E-state index in [1.54, 1.807) is 49.7 Å². The zero-order valence-corrected chi connectivity index (χ0v) is 15.5. The molecule has 1 amide bonds. The Kier molecular flexibility index (Phi) is 5.68. The number of aromatic nitrogens is 1. The number of benzene rings is 1. The maximum atomic E-state index is 12.2. The van der Waals surface area contributed by atoms with Crippen molar-refractivity contribution in [3.05, 3.63) is 72.1 Å². The number of hydrogen-bond donors (Lipinski definition) is 2. The molecule has 0 spiro atoms. The van der Waals surface area contributed by atoms with Gasteiger partial charge in [0.05, 0.1) is 17.7 Å². The molecular weight excluding hydrogens is 366 g/mol. The number of nitrogens with one attached hydrogen (secondary N) is 2. The predicted molar refractivity (Wildman–Crippen MR) is 100 cm³/mol. The van der Waals surface area contributed by atoms with Gasteiger partial charge in [0, 0.05) is 12.7 Å². The van der Waals surface area contributed by atoms with Gasteiger partial charge in [-0.05, 0) is 48.4 Å². The van der Waals surface area contributed by atoms with Crippen molar-refractivity contribution in [3.63, 3.8) is 0 Å². The van der Waals surface area contributed by atoms with Crippen molar-refractivity contribution in [3.8, 4) is 11.5 Å². The molecule has 0 fully saturated rings. The number of carbonyl (C=O) groups is 1. The van der Waals surface area contributed by atoms with Gasteiger partial charge in [0.1, 0.15) is 5.69 Å². The first-order valence-electron chi connectivity index (χ1n) is 8.26. The van der Waals surface area contributed by atoms with E-state index in [0.717, 1.165) is 11.1 Å². The Morgan fingerprint density at radius 1 is 1.15 bits per heavy atom. The summed E-state index contributed by atoms with van der Waals surface area (Å²) in [5.74, 6) is 0.234. The molecule has 3 rings (SSSR count). The molecule has 0 atom stereocenters. The maximum Gasteiger partial charge on any atom is 0.241 e. The minimum atomic E-state index is -3.73. The van der Waals surface area contributed by atoms with E-state index in [2.05, 4.69) is 15.0 Å². The number of hydrogen-bond acceptors (Lipinski definition) is 5. The molecule has 8 heteroatoms. The van der Waals surface area contributed by atoms with E-state index in [0.29, 0.717) is 11.5 Å². The van der Waals surface area contributed by atoms with Crippen molar-refractivity contribution in [2.75, 3.05) is 6.54 Å². The molecule has 27 heavy (non-hydrogen) atoms. The van der Waals surface area contributed by atoms with Crippen LogP contribution in [-0.4, -0.2) is 25.9 Å². The number of carbonyl (C=O) groups excluding carboxylic acids is 1. The van der Waals surface area contributed by atoms with Gasteiger partial charge in [0.2, 0.25) is 15.9 Å². The van der Waals surface area contributed by atoms with Gasteiger partial charge >= 0.3 is 0 Å². The summed E-state index contributed by atoms with van der Waals surface area (Å²) in [7, 11) is -3.73. The fraction of sp³-hybridized carbons (Fsp3) is 0.158. The zero-order valence-electron chi connectivity index (χ0n) is 14.7. The number of aryl methyl sites for hydroxylation is 1. The van der Waals surface area contributed by atoms with Crippen molar-refractivity contribution in [2.45, 2.75) is 18.4 Å². The Bertz CT molecular complexity index is 1010. The molecule has 0 unspecified atom stereocenters. The van der Waals surface area contributed by atoms with E-state index in [4.69, 9.17) is 4.42 Å². The second-order valence-electron chi connectivity index (χ2n) is 5.95. The Balaban J connectivity index is 1.51. The lowest BCUT2D eigenvalue weighted by atomic mass is 10.2. The molecule has 2 N–H and O–H groups in total. The lowest BCUT2D eigenvalue weighted by Gasteiger charge is -2.08. The summed E-state index contributed by atoms with van der Waals surface area (Å²) in [6, 6.07) is 13.7. The molecule has 0 aliphatic rings. The predicted octanol–water partition coefficient (Wildman–Crippen LogP) is 2.24. The average Bonchev–Trinajstić information content (AvgIpc) is 3.20. The molecule has 0 aliphatic heterocycles. The molecule has 0 radical (unpaired) electrons. The highest BCUT2D eigenvalue weighted by atomic mass is 32.2. The third-order valence-electron chi connectivity index (χ3n) is 3.81. The molecule has 0 saturated carbocycles. The Labute approximate surface area is 157 Å². The number of pyridine rings is 1. The number of amides is 1. The smallest absolute Gasteiger partial charge is 0.241 e. The molecule has 2 aromatic heterocycles. The van der Waals surface area contributed by atoms with Crippen LogP contribution < -0.4 is 10.0 Å². The molecule has 0 bridgehead atoms. The fourth-order valence-electron chi connectivity index (χ4n) is 2.39. The van der Waals surface area contributed by atoms with Crippen LogP contribution in [0.1, 0.15) is 11.1 Å². The molecule has 7 nitrogen and oxygen atoms in total. The largest absolute Gasteiger partial charge is 0.463 e. The second-order valence-corrected chi connectivity index (χ2v) is 7.71. The van der Waals surface area contributed by atoms with Crippen molar-refractivity contribution >= 4 is 15.9 Å². The molecule has 0 saturated heterocycles. The van der Waals surface area contributed by atoms with Gasteiger partial charge < -0.3 is 9.73 Å². The third kappa shape index (κ3) is 5.02. The van der Waals surface area contributed by atoms with Crippen LogP contribution in [0.25, 0.3) is 11.5 Å². The summed E-state index contributed by atoms with van der Waals surface area (Å²) in [5.41, 5.74) is 2.31. The molecule has 1 aromatic carbocycles. The summed E-state index contributed by atoms with van der Waals surface area (Å²) in [6.45, 7) is 1.71. The van der Waals surface area contributed by atoms with Crippen LogP contribution in [0.15, 0.2) is 70.3 Å². The third-order valence-corrected chi connectivity index (χ3v) is 5.21. The van der Waals surface area contributed by atoms with E-state index >= 15 is 0 Å². The van der Waals surface area contributed by atoms with Gasteiger partial charge in [-0.15, -0.1) is 0 Å². The van der Waals surface area contributed by atoms with Crippen LogP contribution >= 0.6 is 0 Å². The van der Waals surface area contributed by atoms with Crippen LogP contribution in [0.5, 0.6) is 0 Å². The number of nitrogens with zero attached hydrogens (tertiary/aromatic N) is 1. The monoisotopic (exact) mass is 385 g/mol. The van der Waals surface area contributed by atoms with Crippen molar-refractivity contribution in [1.29, 1.82) is 0 Å². The maximum absolute atomic E-state index is 12.2. The van der Waals surface area contributed by atoms with E-state index < -0.39 is 15.9 Å². The van der Waals surface area contributed by atoms with Gasteiger partial charge in [-0.1, -0.05) is 18.2 Å². The van der Waals surface area contributed by atoms with E-state index in [-0.39, 0.29) is 18.0 Å². The van der Waals surface area contributed by atoms with Gasteiger partial charge in [0.15, 0.2) is 5.76 Å². The number of furan rings is 1. The Morgan fingerprint density at radius 2 is 2.00 bits per heavy atom. The quantitative estimate of drug-likeness (QED) is 0.650. The normalized spacial score (nSPS) is 11.3. The average molecular weight is 385 g/mol. The summed E-state index contributed by atoms with van der Waals surface area (Å²) in [4.78, 5) is 16.3. The van der Waals surface area contributed by atoms with E-state index in [9.17, 15) is 13.2 Å². The van der Waals surface area contributed by atoms with Crippen molar-refractivity contribution < 1.29 is 17.6 Å². The van der Waals surface area contributed by atoms with Crippen molar-refractivity contribution in [1.82, 2.24) is 15.0 Å². The highest BCUT2D eigenvalue weighted by Crippen LogP contribution is 2.17. The highest BCUT2D eigenvalue weighted by Gasteiger charge is 2.15. The number of rotatable bonds is 7. The van der Waals surface area contributed by atoms with Crippen LogP contribution in [0.2, 0.25) is 0 Å². The first kappa shape index (κ1) is 18.8. The van der Waals surface area contributed by atoms with Gasteiger partial charge in [-0.3, -0.25) is 9.78 Å². The Hall–Kier alpha value is -2.97. The first-order valence-corrected chi connectivity index (χ1v) is 9.74. The standard InChI is InChI=1S/C19H19N3O4S/c1-14-4-2-5-16(10-14)27(24,25)22-13-19(23)21-12-15-7-8-17(20-11-15)18-6-3-9-26-18/h2-11,22H,12-13H2,1H3,(H,21,23). The van der Waals surface area contributed by atoms with Crippen LogP contribution in [-0.2, 0) is 21.4 Å². The van der Waals surface area contributed by atoms with Gasteiger partial charge in [-0.25, -0.2) is 13.1 Å². The van der Waals surface area contributed by atoms with Crippen LogP contribution in [0.4, 0.5) is 0 Å². The van der Waals surface area contributed by atoms with E-state index in [1.165, 1.54) is 6.07 Å². The summed E-state index contributed by atoms with van der Waals surface area (Å²) >= 11 is 0. The first-order chi connectivity index (χ1) is 12.9. The molecule has 2 heterocycles. The fourth-order valence-corrected chi connectivity index (χ4v) is 3.48. The number of sulfonamides is 1. The lowest BCUT2D eigenvalue weighted by Crippen LogP contribution is -2.36. The molecule has 140 valence electrons. The van der Waals surface area contributed by atoms with Gasteiger partial charge in [0.25, 0.3) is 0 Å². The summed E-state index contributed by atoms with van der Waals surface area (Å²) in [5, 5.41) is 2.66. The minimum absolute atomic E-state index is 0.132. The minimum Gasteiger partial charge on any atom is -0.463 e. The second kappa shape index (κ2) is 8.15. The zero-order chi connectivity index (χ0) is 19.3. The summed E-state index contributed by atoms with van der Waals surface area (Å²) in [6.07, 6.45) is 3.21. The summed E-state index contributed by atoms with van der Waals surface area (Å²) < 4.78 is 32.0. The SMILES string of the molecule is Cc1cccc(S(=O)(=O)NCC(=O)NCc2ccc(-c3ccco3)nc2)c1. The highest BCUT2D eigenvalue weighted by molar-refractivity contribution is 7.89.